The Balaban J connectivity index is 1.53. The second-order valence-electron chi connectivity index (χ2n) is 9.41. The number of aryl methyl sites for hydroxylation is 1. The smallest absolute Gasteiger partial charge is 0.243 e. The lowest BCUT2D eigenvalue weighted by Crippen LogP contribution is -2.49. The molecule has 0 saturated carbocycles. The van der Waals surface area contributed by atoms with Crippen LogP contribution in [0.2, 0.25) is 0 Å². The molecule has 0 aromatic heterocycles. The Kier molecular flexibility index (Phi) is 8.19. The van der Waals surface area contributed by atoms with Gasteiger partial charge in [0.25, 0.3) is 0 Å². The van der Waals surface area contributed by atoms with Crippen LogP contribution in [0.15, 0.2) is 77.7 Å². The molecule has 0 bridgehead atoms. The highest BCUT2D eigenvalue weighted by Crippen LogP contribution is 2.31. The molecule has 0 radical (unpaired) electrons. The van der Waals surface area contributed by atoms with Gasteiger partial charge in [-0.1, -0.05) is 42.5 Å². The van der Waals surface area contributed by atoms with E-state index in [1.54, 1.807) is 56.6 Å². The van der Waals surface area contributed by atoms with Gasteiger partial charge in [0, 0.05) is 45.3 Å². The van der Waals surface area contributed by atoms with Gasteiger partial charge in [-0.15, -0.1) is 0 Å². The van der Waals surface area contributed by atoms with Crippen molar-refractivity contribution < 1.29 is 17.9 Å². The Labute approximate surface area is 220 Å². The van der Waals surface area contributed by atoms with Crippen LogP contribution in [0.1, 0.15) is 29.2 Å². The third kappa shape index (κ3) is 5.81. The van der Waals surface area contributed by atoms with Gasteiger partial charge in [0.15, 0.2) is 0 Å². The van der Waals surface area contributed by atoms with E-state index in [1.807, 2.05) is 17.0 Å². The van der Waals surface area contributed by atoms with Crippen LogP contribution in [0, 0.1) is 13.8 Å². The number of carbonyl (C=O) groups is 1. The van der Waals surface area contributed by atoms with Gasteiger partial charge < -0.3 is 14.5 Å². The summed E-state index contributed by atoms with van der Waals surface area (Å²) in [4.78, 5) is 17.9. The first-order valence-electron chi connectivity index (χ1n) is 12.5. The summed E-state index contributed by atoms with van der Waals surface area (Å²) in [7, 11) is -0.681. The Morgan fingerprint density at radius 2 is 1.57 bits per heavy atom. The van der Waals surface area contributed by atoms with Gasteiger partial charge in [0.2, 0.25) is 15.9 Å². The predicted octanol–water partition coefficient (Wildman–Crippen LogP) is 4.41. The number of piperazine rings is 1. The molecule has 7 nitrogen and oxygen atoms in total. The predicted molar refractivity (Wildman–Crippen MR) is 146 cm³/mol. The van der Waals surface area contributed by atoms with Crippen LogP contribution in [-0.4, -0.2) is 63.9 Å². The molecule has 0 N–H and O–H groups in total. The lowest BCUT2D eigenvalue weighted by Gasteiger charge is -2.38. The Morgan fingerprint density at radius 3 is 2.19 bits per heavy atom. The topological polar surface area (TPSA) is 70.2 Å². The van der Waals surface area contributed by atoms with Gasteiger partial charge >= 0.3 is 0 Å². The number of anilines is 1. The summed E-state index contributed by atoms with van der Waals surface area (Å²) in [6.45, 7) is 6.90. The highest BCUT2D eigenvalue weighted by molar-refractivity contribution is 7.89. The molecule has 4 rings (SSSR count). The van der Waals surface area contributed by atoms with Crippen molar-refractivity contribution in [1.82, 2.24) is 9.21 Å². The van der Waals surface area contributed by atoms with Gasteiger partial charge in [0.05, 0.1) is 18.0 Å². The number of methoxy groups -OCH3 is 1. The molecule has 1 fully saturated rings. The lowest BCUT2D eigenvalue weighted by molar-refractivity contribution is -0.132. The first-order chi connectivity index (χ1) is 17.7. The zero-order valence-electron chi connectivity index (χ0n) is 21.9. The molecule has 3 aromatic carbocycles. The molecule has 1 aliphatic heterocycles. The SMILES string of the molecule is COc1ccc([C@H](CC(=O)N2CCN(c3cccc(C)c3C)CC2)N(C)S(=O)(=O)c2ccccc2)cc1. The second-order valence-corrected chi connectivity index (χ2v) is 11.4. The Hall–Kier alpha value is -3.36. The maximum absolute atomic E-state index is 13.5. The monoisotopic (exact) mass is 521 g/mol. The summed E-state index contributed by atoms with van der Waals surface area (Å²) in [5.74, 6) is 0.613. The number of sulfonamides is 1. The fourth-order valence-corrected chi connectivity index (χ4v) is 6.14. The molecule has 1 heterocycles. The minimum atomic E-state index is -3.81. The largest absolute Gasteiger partial charge is 0.497 e. The molecular weight excluding hydrogens is 486 g/mol. The molecule has 1 aliphatic rings. The van der Waals surface area contributed by atoms with E-state index in [0.717, 1.165) is 18.7 Å². The fourth-order valence-electron chi connectivity index (χ4n) is 4.78. The normalized spacial score (nSPS) is 15.1. The van der Waals surface area contributed by atoms with Crippen molar-refractivity contribution in [2.24, 2.45) is 0 Å². The number of nitrogens with zero attached hydrogens (tertiary/aromatic N) is 3. The number of ether oxygens (including phenoxy) is 1. The average molecular weight is 522 g/mol. The molecule has 0 aliphatic carbocycles. The highest BCUT2D eigenvalue weighted by Gasteiger charge is 2.33. The molecule has 1 atom stereocenters. The van der Waals surface area contributed by atoms with Crippen LogP contribution < -0.4 is 9.64 Å². The van der Waals surface area contributed by atoms with Crippen molar-refractivity contribution in [3.63, 3.8) is 0 Å². The molecular formula is C29H35N3O4S. The number of hydrogen-bond acceptors (Lipinski definition) is 5. The minimum absolute atomic E-state index is 0.0539. The summed E-state index contributed by atoms with van der Waals surface area (Å²) < 4.78 is 33.5. The molecule has 0 unspecified atom stereocenters. The Bertz CT molecular complexity index is 1320. The lowest BCUT2D eigenvalue weighted by atomic mass is 10.0. The van der Waals surface area contributed by atoms with Gasteiger partial charge in [-0.05, 0) is 60.9 Å². The summed E-state index contributed by atoms with van der Waals surface area (Å²) in [6, 6.07) is 21.2. The van der Waals surface area contributed by atoms with Crippen LogP contribution in [0.3, 0.4) is 0 Å². The molecule has 3 aromatic rings. The summed E-state index contributed by atoms with van der Waals surface area (Å²) in [6.07, 6.45) is 0.0539. The van der Waals surface area contributed by atoms with Crippen LogP contribution >= 0.6 is 0 Å². The van der Waals surface area contributed by atoms with Crippen molar-refractivity contribution in [2.45, 2.75) is 31.2 Å². The van der Waals surface area contributed by atoms with E-state index in [9.17, 15) is 13.2 Å². The third-order valence-electron chi connectivity index (χ3n) is 7.28. The van der Waals surface area contributed by atoms with Crippen molar-refractivity contribution in [3.8, 4) is 5.75 Å². The number of benzene rings is 3. The van der Waals surface area contributed by atoms with Gasteiger partial charge in [-0.25, -0.2) is 8.42 Å². The van der Waals surface area contributed by atoms with Crippen LogP contribution in [0.4, 0.5) is 5.69 Å². The summed E-state index contributed by atoms with van der Waals surface area (Å²) in [5.41, 5.74) is 4.46. The average Bonchev–Trinajstić information content (AvgIpc) is 2.93. The number of hydrogen-bond donors (Lipinski definition) is 0. The van der Waals surface area contributed by atoms with Crippen molar-refractivity contribution >= 4 is 21.6 Å². The number of rotatable bonds is 8. The first-order valence-corrected chi connectivity index (χ1v) is 13.9. The zero-order chi connectivity index (χ0) is 26.6. The zero-order valence-corrected chi connectivity index (χ0v) is 22.7. The summed E-state index contributed by atoms with van der Waals surface area (Å²) in [5, 5.41) is 0. The van der Waals surface area contributed by atoms with E-state index < -0.39 is 16.1 Å². The number of amides is 1. The maximum Gasteiger partial charge on any atom is 0.243 e. The van der Waals surface area contributed by atoms with Crippen LogP contribution in [-0.2, 0) is 14.8 Å². The third-order valence-corrected chi connectivity index (χ3v) is 9.16. The fraction of sp³-hybridized carbons (Fsp3) is 0.345. The van der Waals surface area contributed by atoms with Crippen molar-refractivity contribution in [3.05, 3.63) is 89.5 Å². The van der Waals surface area contributed by atoms with E-state index in [4.69, 9.17) is 4.74 Å². The summed E-state index contributed by atoms with van der Waals surface area (Å²) >= 11 is 0. The standard InChI is InChI=1S/C29H35N3O4S/c1-22-9-8-12-27(23(22)2)31-17-19-32(20-18-31)29(33)21-28(24-13-15-25(36-4)16-14-24)30(3)37(34,35)26-10-6-5-7-11-26/h5-16,28H,17-21H2,1-4H3/t28-/m0/s1. The van der Waals surface area contributed by atoms with Gasteiger partial charge in [-0.3, -0.25) is 4.79 Å². The second kappa shape index (κ2) is 11.4. The van der Waals surface area contributed by atoms with Crippen molar-refractivity contribution in [1.29, 1.82) is 0 Å². The van der Waals surface area contributed by atoms with E-state index in [2.05, 4.69) is 36.9 Å². The maximum atomic E-state index is 13.5. The molecule has 8 heteroatoms. The van der Waals surface area contributed by atoms with Crippen LogP contribution in [0.5, 0.6) is 5.75 Å². The van der Waals surface area contributed by atoms with E-state index in [0.29, 0.717) is 18.8 Å². The quantitative estimate of drug-likeness (QED) is 0.439. The molecule has 0 spiro atoms. The van der Waals surface area contributed by atoms with Crippen LogP contribution in [0.25, 0.3) is 0 Å². The first kappa shape index (κ1) is 26.7. The molecule has 1 saturated heterocycles. The van der Waals surface area contributed by atoms with E-state index in [1.165, 1.54) is 21.1 Å². The van der Waals surface area contributed by atoms with Gasteiger partial charge in [-0.2, -0.15) is 4.31 Å². The highest BCUT2D eigenvalue weighted by atomic mass is 32.2. The van der Waals surface area contributed by atoms with Crippen molar-refractivity contribution in [2.75, 3.05) is 45.2 Å². The minimum Gasteiger partial charge on any atom is -0.497 e. The molecule has 37 heavy (non-hydrogen) atoms. The Morgan fingerprint density at radius 1 is 0.919 bits per heavy atom. The van der Waals surface area contributed by atoms with E-state index in [-0.39, 0.29) is 17.2 Å². The van der Waals surface area contributed by atoms with Gasteiger partial charge in [0.1, 0.15) is 5.75 Å². The number of carbonyl (C=O) groups excluding carboxylic acids is 1. The molecule has 196 valence electrons. The molecule has 1 amide bonds. The van der Waals surface area contributed by atoms with E-state index >= 15 is 0 Å².